The summed E-state index contributed by atoms with van der Waals surface area (Å²) in [6, 6.07) is 13.9. The van der Waals surface area contributed by atoms with E-state index >= 15 is 0 Å². The van der Waals surface area contributed by atoms with E-state index in [1.54, 1.807) is 7.11 Å². The second kappa shape index (κ2) is 9.60. The molecule has 0 aliphatic carbocycles. The maximum absolute atomic E-state index is 10.5. The number of allylic oxidation sites excluding steroid dienone is 1. The third-order valence-corrected chi connectivity index (χ3v) is 4.43. The maximum atomic E-state index is 10.5. The van der Waals surface area contributed by atoms with E-state index in [1.807, 2.05) is 61.5 Å². The number of benzene rings is 2. The lowest BCUT2D eigenvalue weighted by Gasteiger charge is -2.13. The molecule has 0 saturated heterocycles. The molecule has 2 aromatic carbocycles. The molecule has 1 amide bonds. The van der Waals surface area contributed by atoms with Gasteiger partial charge >= 0.3 is 0 Å². The number of nitrogens with one attached hydrogen (secondary N) is 1. The lowest BCUT2D eigenvalue weighted by atomic mass is 10.2. The highest BCUT2D eigenvalue weighted by atomic mass is 16.5. The first-order valence-corrected chi connectivity index (χ1v) is 9.31. The fourth-order valence-electron chi connectivity index (χ4n) is 3.16. The molecule has 0 bridgehead atoms. The highest BCUT2D eigenvalue weighted by molar-refractivity contribution is 5.75. The van der Waals surface area contributed by atoms with Gasteiger partial charge in [0.15, 0.2) is 11.5 Å². The van der Waals surface area contributed by atoms with E-state index in [0.717, 1.165) is 22.4 Å². The van der Waals surface area contributed by atoms with Crippen LogP contribution in [-0.4, -0.2) is 36.2 Å². The first-order chi connectivity index (χ1) is 13.8. The lowest BCUT2D eigenvalue weighted by Crippen LogP contribution is -2.18. The van der Waals surface area contributed by atoms with Crippen LogP contribution in [0.1, 0.15) is 18.3 Å². The van der Waals surface area contributed by atoms with Crippen LogP contribution in [0.5, 0.6) is 11.5 Å². The number of methoxy groups -OCH3 is 1. The number of hydrogen-bond donors (Lipinski definition) is 1. The number of carbonyl (C=O) groups is 1. The Morgan fingerprint density at radius 1 is 1.18 bits per heavy atom. The molecule has 6 nitrogen and oxygen atoms in total. The van der Waals surface area contributed by atoms with Crippen LogP contribution in [0.15, 0.2) is 48.5 Å². The fourth-order valence-corrected chi connectivity index (χ4v) is 3.16. The number of amides is 1. The minimum absolute atomic E-state index is 0.480. The summed E-state index contributed by atoms with van der Waals surface area (Å²) >= 11 is 0. The predicted octanol–water partition coefficient (Wildman–Crippen LogP) is 3.45. The largest absolute Gasteiger partial charge is 0.493 e. The van der Waals surface area contributed by atoms with Crippen molar-refractivity contribution in [2.24, 2.45) is 0 Å². The number of hydrogen-bond acceptors (Lipinski definition) is 4. The molecule has 28 heavy (non-hydrogen) atoms. The molecule has 0 atom stereocenters. The molecule has 0 aliphatic heterocycles. The first-order valence-electron chi connectivity index (χ1n) is 9.31. The van der Waals surface area contributed by atoms with Gasteiger partial charge in [0.1, 0.15) is 12.4 Å². The zero-order chi connectivity index (χ0) is 19.8. The average Bonchev–Trinajstić information content (AvgIpc) is 3.07. The van der Waals surface area contributed by atoms with Crippen molar-refractivity contribution < 1.29 is 14.3 Å². The number of para-hydroxylation sites is 2. The summed E-state index contributed by atoms with van der Waals surface area (Å²) in [5.74, 6) is 2.35. The van der Waals surface area contributed by atoms with Gasteiger partial charge in [0.25, 0.3) is 0 Å². The SMILES string of the molecule is C/C=C/c1ccc(OCCn2c(CCNC=O)nc3ccccc32)c(OC)c1. The van der Waals surface area contributed by atoms with Crippen molar-refractivity contribution in [1.29, 1.82) is 0 Å². The quantitative estimate of drug-likeness (QED) is 0.433. The van der Waals surface area contributed by atoms with Gasteiger partial charge in [0, 0.05) is 13.0 Å². The van der Waals surface area contributed by atoms with Crippen LogP contribution in [0.3, 0.4) is 0 Å². The summed E-state index contributed by atoms with van der Waals surface area (Å²) < 4.78 is 13.6. The number of rotatable bonds is 10. The van der Waals surface area contributed by atoms with E-state index < -0.39 is 0 Å². The minimum atomic E-state index is 0.480. The third kappa shape index (κ3) is 4.52. The number of imidazole rings is 1. The molecule has 0 radical (unpaired) electrons. The Labute approximate surface area is 164 Å². The molecule has 6 heteroatoms. The molecule has 0 spiro atoms. The Balaban J connectivity index is 1.74. The smallest absolute Gasteiger partial charge is 0.207 e. The molecule has 3 aromatic rings. The lowest BCUT2D eigenvalue weighted by molar-refractivity contribution is -0.109. The summed E-state index contributed by atoms with van der Waals surface area (Å²) in [6.45, 7) is 3.66. The van der Waals surface area contributed by atoms with Gasteiger partial charge in [0.2, 0.25) is 6.41 Å². The summed E-state index contributed by atoms with van der Waals surface area (Å²) in [6.07, 6.45) is 5.37. The van der Waals surface area contributed by atoms with Crippen molar-refractivity contribution >= 4 is 23.5 Å². The molecular formula is C22H25N3O3. The molecule has 0 aliphatic rings. The van der Waals surface area contributed by atoms with E-state index in [0.29, 0.717) is 44.0 Å². The third-order valence-electron chi connectivity index (χ3n) is 4.43. The molecule has 1 N–H and O–H groups in total. The molecule has 1 aromatic heterocycles. The topological polar surface area (TPSA) is 65.4 Å². The summed E-state index contributed by atoms with van der Waals surface area (Å²) in [5, 5.41) is 2.69. The summed E-state index contributed by atoms with van der Waals surface area (Å²) in [7, 11) is 1.64. The van der Waals surface area contributed by atoms with Crippen LogP contribution in [0.4, 0.5) is 0 Å². The fraction of sp³-hybridized carbons (Fsp3) is 0.273. The van der Waals surface area contributed by atoms with Crippen LogP contribution in [-0.2, 0) is 17.8 Å². The van der Waals surface area contributed by atoms with Gasteiger partial charge in [-0.05, 0) is 36.8 Å². The number of aromatic nitrogens is 2. The van der Waals surface area contributed by atoms with Crippen molar-refractivity contribution in [2.45, 2.75) is 19.9 Å². The molecule has 0 fully saturated rings. The van der Waals surface area contributed by atoms with Gasteiger partial charge < -0.3 is 19.4 Å². The van der Waals surface area contributed by atoms with Crippen LogP contribution >= 0.6 is 0 Å². The van der Waals surface area contributed by atoms with Crippen molar-refractivity contribution in [3.8, 4) is 11.5 Å². The Morgan fingerprint density at radius 3 is 2.82 bits per heavy atom. The van der Waals surface area contributed by atoms with Gasteiger partial charge in [-0.15, -0.1) is 0 Å². The van der Waals surface area contributed by atoms with Crippen molar-refractivity contribution in [3.05, 3.63) is 59.9 Å². The summed E-state index contributed by atoms with van der Waals surface area (Å²) in [5.41, 5.74) is 3.07. The van der Waals surface area contributed by atoms with Crippen LogP contribution in [0, 0.1) is 0 Å². The zero-order valence-corrected chi connectivity index (χ0v) is 16.2. The monoisotopic (exact) mass is 379 g/mol. The normalized spacial score (nSPS) is 11.1. The number of ether oxygens (including phenoxy) is 2. The van der Waals surface area contributed by atoms with Gasteiger partial charge in [-0.2, -0.15) is 0 Å². The summed E-state index contributed by atoms with van der Waals surface area (Å²) in [4.78, 5) is 15.2. The van der Waals surface area contributed by atoms with Gasteiger partial charge in [-0.3, -0.25) is 4.79 Å². The van der Waals surface area contributed by atoms with E-state index in [9.17, 15) is 4.79 Å². The molecule has 0 saturated carbocycles. The average molecular weight is 379 g/mol. The molecule has 146 valence electrons. The van der Waals surface area contributed by atoms with Gasteiger partial charge in [-0.25, -0.2) is 4.98 Å². The zero-order valence-electron chi connectivity index (χ0n) is 16.2. The number of nitrogens with zero attached hydrogens (tertiary/aromatic N) is 2. The first kappa shape index (κ1) is 19.5. The molecule has 0 unspecified atom stereocenters. The molecular weight excluding hydrogens is 354 g/mol. The van der Waals surface area contributed by atoms with E-state index in [1.165, 1.54) is 0 Å². The van der Waals surface area contributed by atoms with E-state index in [4.69, 9.17) is 14.5 Å². The minimum Gasteiger partial charge on any atom is -0.493 e. The van der Waals surface area contributed by atoms with Crippen LogP contribution in [0.2, 0.25) is 0 Å². The predicted molar refractivity (Wildman–Crippen MR) is 111 cm³/mol. The number of fused-ring (bicyclic) bond motifs is 1. The van der Waals surface area contributed by atoms with E-state index in [-0.39, 0.29) is 0 Å². The highest BCUT2D eigenvalue weighted by Gasteiger charge is 2.11. The Hall–Kier alpha value is -3.28. The van der Waals surface area contributed by atoms with Gasteiger partial charge in [0.05, 0.1) is 24.7 Å². The Bertz CT molecular complexity index is 963. The van der Waals surface area contributed by atoms with Crippen molar-refractivity contribution in [1.82, 2.24) is 14.9 Å². The van der Waals surface area contributed by atoms with Crippen LogP contribution in [0.25, 0.3) is 17.1 Å². The Morgan fingerprint density at radius 2 is 2.04 bits per heavy atom. The standard InChI is InChI=1S/C22H25N3O3/c1-3-6-17-9-10-20(21(15-17)27-2)28-14-13-25-19-8-5-4-7-18(19)24-22(25)11-12-23-16-26/h3-10,15-16H,11-14H2,1-2H3,(H,23,26)/b6-3+. The van der Waals surface area contributed by atoms with Gasteiger partial charge in [-0.1, -0.05) is 30.4 Å². The van der Waals surface area contributed by atoms with Crippen LogP contribution < -0.4 is 14.8 Å². The Kier molecular flexibility index (Phi) is 6.68. The second-order valence-corrected chi connectivity index (χ2v) is 6.25. The van der Waals surface area contributed by atoms with Crippen molar-refractivity contribution in [3.63, 3.8) is 0 Å². The van der Waals surface area contributed by atoms with Crippen molar-refractivity contribution in [2.75, 3.05) is 20.3 Å². The van der Waals surface area contributed by atoms with E-state index in [2.05, 4.69) is 9.88 Å². The molecule has 1 heterocycles. The number of carbonyl (C=O) groups excluding carboxylic acids is 1. The molecule has 3 rings (SSSR count). The highest BCUT2D eigenvalue weighted by Crippen LogP contribution is 2.28. The second-order valence-electron chi connectivity index (χ2n) is 6.25. The maximum Gasteiger partial charge on any atom is 0.207 e.